The van der Waals surface area contributed by atoms with Crippen LogP contribution in [0.1, 0.15) is 5.56 Å². The van der Waals surface area contributed by atoms with Crippen LogP contribution >= 0.6 is 12.2 Å². The quantitative estimate of drug-likeness (QED) is 0.736. The minimum absolute atomic E-state index is 0.216. The van der Waals surface area contributed by atoms with Gasteiger partial charge in [-0.15, -0.1) is 0 Å². The highest BCUT2D eigenvalue weighted by molar-refractivity contribution is 7.71. The van der Waals surface area contributed by atoms with Crippen LogP contribution in [0.15, 0.2) is 42.5 Å². The number of hydrogen-bond donors (Lipinski definition) is 1. The predicted octanol–water partition coefficient (Wildman–Crippen LogP) is 4.09. The third-order valence-corrected chi connectivity index (χ3v) is 3.84. The van der Waals surface area contributed by atoms with E-state index in [1.807, 2.05) is 22.8 Å². The number of methoxy groups -OCH3 is 1. The second-order valence-electron chi connectivity index (χ2n) is 4.84. The topological polar surface area (TPSA) is 29.9 Å². The Kier molecular flexibility index (Phi) is 3.75. The summed E-state index contributed by atoms with van der Waals surface area (Å²) in [6.45, 7) is 0.734. The van der Waals surface area contributed by atoms with Crippen LogP contribution in [0.4, 0.5) is 4.39 Å². The molecule has 1 N–H and O–H groups in total. The van der Waals surface area contributed by atoms with Crippen molar-refractivity contribution in [2.45, 2.75) is 13.0 Å². The zero-order chi connectivity index (χ0) is 14.8. The SMILES string of the molecule is COc1ccc2[nH]c(=S)n(CCc3ccc(F)cc3)c2c1. The van der Waals surface area contributed by atoms with E-state index >= 15 is 0 Å². The maximum atomic E-state index is 12.9. The Morgan fingerprint density at radius 2 is 1.95 bits per heavy atom. The highest BCUT2D eigenvalue weighted by Crippen LogP contribution is 2.21. The minimum Gasteiger partial charge on any atom is -0.497 e. The first-order valence-corrected chi connectivity index (χ1v) is 7.09. The Hall–Kier alpha value is -2.14. The smallest absolute Gasteiger partial charge is 0.178 e. The van der Waals surface area contributed by atoms with Crippen LogP contribution in [-0.4, -0.2) is 16.7 Å². The predicted molar refractivity (Wildman–Crippen MR) is 83.8 cm³/mol. The second-order valence-corrected chi connectivity index (χ2v) is 5.23. The van der Waals surface area contributed by atoms with Crippen molar-refractivity contribution in [3.8, 4) is 5.75 Å². The van der Waals surface area contributed by atoms with Crippen LogP contribution in [-0.2, 0) is 13.0 Å². The van der Waals surface area contributed by atoms with Gasteiger partial charge in [0.2, 0.25) is 0 Å². The fraction of sp³-hybridized carbons (Fsp3) is 0.188. The third kappa shape index (κ3) is 2.83. The van der Waals surface area contributed by atoms with Gasteiger partial charge in [0.1, 0.15) is 11.6 Å². The first-order chi connectivity index (χ1) is 10.2. The van der Waals surface area contributed by atoms with E-state index in [4.69, 9.17) is 17.0 Å². The molecule has 0 atom stereocenters. The average Bonchev–Trinajstić information content (AvgIpc) is 2.81. The lowest BCUT2D eigenvalue weighted by molar-refractivity contribution is 0.415. The van der Waals surface area contributed by atoms with E-state index in [1.54, 1.807) is 19.2 Å². The summed E-state index contributed by atoms with van der Waals surface area (Å²) in [5.74, 6) is 0.583. The van der Waals surface area contributed by atoms with E-state index in [0.29, 0.717) is 4.77 Å². The van der Waals surface area contributed by atoms with Crippen molar-refractivity contribution < 1.29 is 9.13 Å². The molecule has 21 heavy (non-hydrogen) atoms. The van der Waals surface area contributed by atoms with Crippen LogP contribution < -0.4 is 4.74 Å². The Balaban J connectivity index is 1.90. The van der Waals surface area contributed by atoms with Gasteiger partial charge in [-0.2, -0.15) is 0 Å². The molecule has 0 bridgehead atoms. The minimum atomic E-state index is -0.216. The van der Waals surface area contributed by atoms with Crippen LogP contribution in [0.2, 0.25) is 0 Å². The largest absolute Gasteiger partial charge is 0.497 e. The number of halogens is 1. The van der Waals surface area contributed by atoms with Crippen molar-refractivity contribution in [1.29, 1.82) is 0 Å². The van der Waals surface area contributed by atoms with Gasteiger partial charge in [0.15, 0.2) is 4.77 Å². The summed E-state index contributed by atoms with van der Waals surface area (Å²) in [6, 6.07) is 12.4. The fourth-order valence-corrected chi connectivity index (χ4v) is 2.67. The number of fused-ring (bicyclic) bond motifs is 1. The number of benzene rings is 2. The maximum absolute atomic E-state index is 12.9. The molecule has 0 radical (unpaired) electrons. The van der Waals surface area contributed by atoms with Crippen molar-refractivity contribution in [2.24, 2.45) is 0 Å². The third-order valence-electron chi connectivity index (χ3n) is 3.52. The lowest BCUT2D eigenvalue weighted by atomic mass is 10.1. The molecule has 3 rings (SSSR count). The van der Waals surface area contributed by atoms with Crippen molar-refractivity contribution in [2.75, 3.05) is 7.11 Å². The number of H-pyrrole nitrogens is 1. The molecule has 0 saturated heterocycles. The van der Waals surface area contributed by atoms with Crippen LogP contribution in [0, 0.1) is 10.6 Å². The molecule has 0 spiro atoms. The molecular formula is C16H15FN2OS. The van der Waals surface area contributed by atoms with E-state index in [2.05, 4.69) is 4.98 Å². The number of hydrogen-bond acceptors (Lipinski definition) is 2. The summed E-state index contributed by atoms with van der Waals surface area (Å²) < 4.78 is 20.9. The number of rotatable bonds is 4. The zero-order valence-electron chi connectivity index (χ0n) is 11.6. The van der Waals surface area contributed by atoms with Crippen molar-refractivity contribution in [3.63, 3.8) is 0 Å². The van der Waals surface area contributed by atoms with Crippen LogP contribution in [0.5, 0.6) is 5.75 Å². The number of nitrogens with one attached hydrogen (secondary N) is 1. The first-order valence-electron chi connectivity index (χ1n) is 6.68. The van der Waals surface area contributed by atoms with Gasteiger partial charge in [-0.25, -0.2) is 4.39 Å². The first kappa shape index (κ1) is 13.8. The summed E-state index contributed by atoms with van der Waals surface area (Å²) in [6.07, 6.45) is 0.790. The Morgan fingerprint density at radius 3 is 2.67 bits per heavy atom. The molecule has 0 amide bonds. The second kappa shape index (κ2) is 5.69. The van der Waals surface area contributed by atoms with Gasteiger partial charge >= 0.3 is 0 Å². The Labute approximate surface area is 127 Å². The molecule has 0 saturated carbocycles. The summed E-state index contributed by atoms with van der Waals surface area (Å²) in [7, 11) is 1.64. The number of aryl methyl sites for hydroxylation is 2. The van der Waals surface area contributed by atoms with Gasteiger partial charge in [-0.3, -0.25) is 0 Å². The Morgan fingerprint density at radius 1 is 1.19 bits per heavy atom. The lowest BCUT2D eigenvalue weighted by Crippen LogP contribution is -2.01. The number of ether oxygens (including phenoxy) is 1. The highest BCUT2D eigenvalue weighted by Gasteiger charge is 2.06. The highest BCUT2D eigenvalue weighted by atomic mass is 32.1. The molecule has 3 aromatic rings. The molecular weight excluding hydrogens is 287 g/mol. The van der Waals surface area contributed by atoms with E-state index in [0.717, 1.165) is 35.3 Å². The summed E-state index contributed by atoms with van der Waals surface area (Å²) in [4.78, 5) is 3.19. The van der Waals surface area contributed by atoms with Crippen LogP contribution in [0.25, 0.3) is 11.0 Å². The summed E-state index contributed by atoms with van der Waals surface area (Å²) >= 11 is 5.38. The number of nitrogens with zero attached hydrogens (tertiary/aromatic N) is 1. The van der Waals surface area contributed by atoms with Crippen molar-refractivity contribution in [3.05, 3.63) is 58.6 Å². The van der Waals surface area contributed by atoms with Gasteiger partial charge < -0.3 is 14.3 Å². The molecule has 0 aliphatic carbocycles. The van der Waals surface area contributed by atoms with E-state index in [-0.39, 0.29) is 5.82 Å². The molecule has 5 heteroatoms. The monoisotopic (exact) mass is 302 g/mol. The molecule has 1 aromatic heterocycles. The molecule has 0 fully saturated rings. The van der Waals surface area contributed by atoms with Crippen molar-refractivity contribution in [1.82, 2.24) is 9.55 Å². The molecule has 3 nitrogen and oxygen atoms in total. The number of aromatic amines is 1. The number of aromatic nitrogens is 2. The number of imidazole rings is 1. The normalized spacial score (nSPS) is 11.0. The lowest BCUT2D eigenvalue weighted by Gasteiger charge is -2.06. The van der Waals surface area contributed by atoms with E-state index < -0.39 is 0 Å². The molecule has 108 valence electrons. The molecule has 2 aromatic carbocycles. The molecule has 1 heterocycles. The molecule has 0 unspecified atom stereocenters. The van der Waals surface area contributed by atoms with Crippen molar-refractivity contribution >= 4 is 23.3 Å². The molecule has 0 aliphatic rings. The van der Waals surface area contributed by atoms with E-state index in [9.17, 15) is 4.39 Å². The van der Waals surface area contributed by atoms with Gasteiger partial charge in [-0.05, 0) is 48.5 Å². The van der Waals surface area contributed by atoms with Crippen LogP contribution in [0.3, 0.4) is 0 Å². The van der Waals surface area contributed by atoms with Gasteiger partial charge in [0.25, 0.3) is 0 Å². The van der Waals surface area contributed by atoms with Gasteiger partial charge in [0.05, 0.1) is 18.1 Å². The standard InChI is InChI=1S/C16H15FN2OS/c1-20-13-6-7-14-15(10-13)19(16(21)18-14)9-8-11-2-4-12(17)5-3-11/h2-7,10H,8-9H2,1H3,(H,18,21). The van der Waals surface area contributed by atoms with E-state index in [1.165, 1.54) is 12.1 Å². The molecule has 0 aliphatic heterocycles. The van der Waals surface area contributed by atoms with Gasteiger partial charge in [-0.1, -0.05) is 12.1 Å². The zero-order valence-corrected chi connectivity index (χ0v) is 12.4. The fourth-order valence-electron chi connectivity index (χ4n) is 2.37. The maximum Gasteiger partial charge on any atom is 0.178 e. The van der Waals surface area contributed by atoms with Gasteiger partial charge in [0, 0.05) is 12.6 Å². The summed E-state index contributed by atoms with van der Waals surface area (Å²) in [5, 5.41) is 0. The summed E-state index contributed by atoms with van der Waals surface area (Å²) in [5.41, 5.74) is 3.08. The Bertz CT molecular complexity index is 820. The average molecular weight is 302 g/mol.